The van der Waals surface area contributed by atoms with Crippen LogP contribution in [0.1, 0.15) is 0 Å². The highest BCUT2D eigenvalue weighted by Crippen LogP contribution is 2.48. The van der Waals surface area contributed by atoms with Crippen molar-refractivity contribution in [1.29, 1.82) is 0 Å². The van der Waals surface area contributed by atoms with Gasteiger partial charge in [-0.25, -0.2) is 0 Å². The predicted octanol–water partition coefficient (Wildman–Crippen LogP) is 16.5. The molecule has 0 aliphatic carbocycles. The molecule has 0 N–H and O–H groups in total. The van der Waals surface area contributed by atoms with Gasteiger partial charge in [0.25, 0.3) is 0 Å². The van der Waals surface area contributed by atoms with Gasteiger partial charge in [0.2, 0.25) is 0 Å². The first-order chi connectivity index (χ1) is 28.3. The zero-order valence-electron chi connectivity index (χ0n) is 31.0. The molecule has 0 aliphatic rings. The van der Waals surface area contributed by atoms with Crippen LogP contribution in [0.4, 0.5) is 0 Å². The van der Waals surface area contributed by atoms with Crippen molar-refractivity contribution in [3.8, 4) is 44.5 Å². The van der Waals surface area contributed by atoms with Crippen molar-refractivity contribution in [1.82, 2.24) is 0 Å². The van der Waals surface area contributed by atoms with E-state index in [1.807, 2.05) is 11.3 Å². The molecule has 1 aromatic heterocycles. The van der Waals surface area contributed by atoms with E-state index < -0.39 is 0 Å². The van der Waals surface area contributed by atoms with Crippen molar-refractivity contribution in [2.45, 2.75) is 0 Å². The third-order valence-electron chi connectivity index (χ3n) is 12.1. The molecule has 264 valence electrons. The molecule has 57 heavy (non-hydrogen) atoms. The van der Waals surface area contributed by atoms with E-state index in [9.17, 15) is 0 Å². The summed E-state index contributed by atoms with van der Waals surface area (Å²) in [6.45, 7) is 0. The van der Waals surface area contributed by atoms with Gasteiger partial charge in [0.1, 0.15) is 0 Å². The second-order valence-electron chi connectivity index (χ2n) is 15.1. The lowest BCUT2D eigenvalue weighted by Crippen LogP contribution is -1.91. The summed E-state index contributed by atoms with van der Waals surface area (Å²) in [4.78, 5) is 0. The maximum Gasteiger partial charge on any atom is 0.0434 e. The Balaban J connectivity index is 1.01. The van der Waals surface area contributed by atoms with Crippen LogP contribution in [-0.2, 0) is 0 Å². The molecule has 0 aliphatic heterocycles. The monoisotopic (exact) mass is 738 g/mol. The SMILES string of the molecule is c1ccc(-c2ccc3c4ccccc4c4ccccc4c3c2)c(-c2ccc(-c3c4ccccc4c(-c4cccc5c4sc4ccccc45)c4ccccc34)cc2)c1. The van der Waals surface area contributed by atoms with Gasteiger partial charge in [-0.15, -0.1) is 11.3 Å². The van der Waals surface area contributed by atoms with Gasteiger partial charge in [-0.3, -0.25) is 0 Å². The Morgan fingerprint density at radius 3 is 1.25 bits per heavy atom. The number of rotatable bonds is 4. The molecule has 12 rings (SSSR count). The van der Waals surface area contributed by atoms with Crippen LogP contribution in [0.15, 0.2) is 206 Å². The number of hydrogen-bond donors (Lipinski definition) is 0. The topological polar surface area (TPSA) is 0 Å². The molecule has 12 aromatic rings. The fraction of sp³-hybridized carbons (Fsp3) is 0. The van der Waals surface area contributed by atoms with E-state index in [0.717, 1.165) is 0 Å². The summed E-state index contributed by atoms with van der Waals surface area (Å²) < 4.78 is 2.67. The van der Waals surface area contributed by atoms with Gasteiger partial charge in [0.15, 0.2) is 0 Å². The highest BCUT2D eigenvalue weighted by atomic mass is 32.1. The molecule has 1 heterocycles. The Morgan fingerprint density at radius 1 is 0.228 bits per heavy atom. The van der Waals surface area contributed by atoms with E-state index >= 15 is 0 Å². The highest BCUT2D eigenvalue weighted by Gasteiger charge is 2.20. The zero-order chi connectivity index (χ0) is 37.5. The molecule has 0 spiro atoms. The summed E-state index contributed by atoms with van der Waals surface area (Å²) in [5.74, 6) is 0. The Morgan fingerprint density at radius 2 is 0.632 bits per heavy atom. The maximum atomic E-state index is 2.40. The normalized spacial score (nSPS) is 11.9. The first-order valence-corrected chi connectivity index (χ1v) is 20.5. The number of fused-ring (bicyclic) bond motifs is 11. The lowest BCUT2D eigenvalue weighted by molar-refractivity contribution is 1.59. The van der Waals surface area contributed by atoms with Crippen LogP contribution in [0.5, 0.6) is 0 Å². The molecule has 0 amide bonds. The molecule has 0 unspecified atom stereocenters. The molecular weight excluding hydrogens is 705 g/mol. The van der Waals surface area contributed by atoms with Crippen LogP contribution in [0.2, 0.25) is 0 Å². The second-order valence-corrected chi connectivity index (χ2v) is 16.1. The van der Waals surface area contributed by atoms with Gasteiger partial charge in [-0.05, 0) is 105 Å². The quantitative estimate of drug-likeness (QED) is 0.125. The van der Waals surface area contributed by atoms with Gasteiger partial charge < -0.3 is 0 Å². The Hall–Kier alpha value is -7.06. The fourth-order valence-corrected chi connectivity index (χ4v) is 10.8. The van der Waals surface area contributed by atoms with Gasteiger partial charge in [0.05, 0.1) is 0 Å². The lowest BCUT2D eigenvalue weighted by Gasteiger charge is -2.18. The third kappa shape index (κ3) is 4.93. The zero-order valence-corrected chi connectivity index (χ0v) is 31.9. The van der Waals surface area contributed by atoms with Crippen LogP contribution in [0.25, 0.3) is 119 Å². The van der Waals surface area contributed by atoms with Gasteiger partial charge in [-0.1, -0.05) is 194 Å². The summed E-state index contributed by atoms with van der Waals surface area (Å²) in [6.07, 6.45) is 0. The highest BCUT2D eigenvalue weighted by molar-refractivity contribution is 7.26. The minimum Gasteiger partial charge on any atom is -0.135 e. The van der Waals surface area contributed by atoms with Gasteiger partial charge >= 0.3 is 0 Å². The number of benzene rings is 11. The molecular formula is C56H34S. The molecule has 0 atom stereocenters. The molecule has 0 fully saturated rings. The van der Waals surface area contributed by atoms with Gasteiger partial charge in [0, 0.05) is 25.7 Å². The maximum absolute atomic E-state index is 2.40. The molecule has 1 heteroatoms. The number of thiophene rings is 1. The molecule has 0 radical (unpaired) electrons. The van der Waals surface area contributed by atoms with E-state index in [-0.39, 0.29) is 0 Å². The average Bonchev–Trinajstić information content (AvgIpc) is 3.67. The van der Waals surface area contributed by atoms with E-state index in [0.29, 0.717) is 0 Å². The Labute approximate surface area is 334 Å². The largest absolute Gasteiger partial charge is 0.135 e. The van der Waals surface area contributed by atoms with Crippen LogP contribution in [0.3, 0.4) is 0 Å². The van der Waals surface area contributed by atoms with Crippen molar-refractivity contribution in [3.63, 3.8) is 0 Å². The summed E-state index contributed by atoms with van der Waals surface area (Å²) in [5, 5.41) is 15.5. The third-order valence-corrected chi connectivity index (χ3v) is 13.3. The first kappa shape index (κ1) is 32.2. The van der Waals surface area contributed by atoms with Crippen molar-refractivity contribution in [2.24, 2.45) is 0 Å². The van der Waals surface area contributed by atoms with Crippen LogP contribution in [0, 0.1) is 0 Å². The molecule has 0 bridgehead atoms. The van der Waals surface area contributed by atoms with Crippen LogP contribution < -0.4 is 0 Å². The minimum atomic E-state index is 1.21. The summed E-state index contributed by atoms with van der Waals surface area (Å²) >= 11 is 1.90. The second kappa shape index (κ2) is 12.7. The molecule has 0 nitrogen and oxygen atoms in total. The molecule has 0 saturated heterocycles. The van der Waals surface area contributed by atoms with Crippen LogP contribution >= 0.6 is 11.3 Å². The summed E-state index contributed by atoms with van der Waals surface area (Å²) in [6, 6.07) is 76.4. The standard InChI is InChI=1S/C56H34S/c1-2-15-39(37-32-33-44-42-18-4-3-16-40(42)41-17-5-6-19-43(41)52(44)34-37)38(14-1)35-28-30-36(31-29-35)54-46-21-7-9-23-48(46)55(49-24-10-8-22-47(49)54)51-26-13-25-50-45-20-11-12-27-53(45)57-56(50)51/h1-34H. The Bertz CT molecular complexity index is 3480. The van der Waals surface area contributed by atoms with Crippen molar-refractivity contribution in [3.05, 3.63) is 206 Å². The fourth-order valence-electron chi connectivity index (χ4n) is 9.55. The molecule has 0 saturated carbocycles. The Kier molecular flexibility index (Phi) is 7.20. The average molecular weight is 739 g/mol. The smallest absolute Gasteiger partial charge is 0.0434 e. The van der Waals surface area contributed by atoms with Crippen molar-refractivity contribution < 1.29 is 0 Å². The van der Waals surface area contributed by atoms with Crippen LogP contribution in [-0.4, -0.2) is 0 Å². The van der Waals surface area contributed by atoms with Crippen molar-refractivity contribution in [2.75, 3.05) is 0 Å². The predicted molar refractivity (Wildman–Crippen MR) is 249 cm³/mol. The lowest BCUT2D eigenvalue weighted by atomic mass is 9.85. The minimum absolute atomic E-state index is 1.21. The van der Waals surface area contributed by atoms with Crippen molar-refractivity contribution >= 4 is 85.4 Å². The van der Waals surface area contributed by atoms with E-state index in [4.69, 9.17) is 0 Å². The number of hydrogen-bond acceptors (Lipinski definition) is 1. The van der Waals surface area contributed by atoms with E-state index in [2.05, 4.69) is 206 Å². The van der Waals surface area contributed by atoms with E-state index in [1.165, 1.54) is 119 Å². The summed E-state index contributed by atoms with van der Waals surface area (Å²) in [7, 11) is 0. The first-order valence-electron chi connectivity index (χ1n) is 19.7. The van der Waals surface area contributed by atoms with E-state index in [1.54, 1.807) is 0 Å². The summed E-state index contributed by atoms with van der Waals surface area (Å²) in [5.41, 5.74) is 10.0. The molecule has 11 aromatic carbocycles. The van der Waals surface area contributed by atoms with Gasteiger partial charge in [-0.2, -0.15) is 0 Å².